The van der Waals surface area contributed by atoms with Crippen LogP contribution in [0.3, 0.4) is 0 Å². The van der Waals surface area contributed by atoms with Crippen LogP contribution in [0, 0.1) is 0 Å². The Morgan fingerprint density at radius 2 is 1.62 bits per heavy atom. The summed E-state index contributed by atoms with van der Waals surface area (Å²) in [7, 11) is -3.26. The fraction of sp³-hybridized carbons (Fsp3) is 1.00. The Bertz CT molecular complexity index is 443. The first-order valence-electron chi connectivity index (χ1n) is 4.79. The van der Waals surface area contributed by atoms with Gasteiger partial charge >= 0.3 is 0 Å². The van der Waals surface area contributed by atoms with E-state index in [0.29, 0.717) is 11.5 Å². The minimum Gasteiger partial charge on any atom is -0.249 e. The van der Waals surface area contributed by atoms with Crippen molar-refractivity contribution >= 4 is 39.5 Å². The van der Waals surface area contributed by atoms with E-state index in [-0.39, 0.29) is 0 Å². The van der Waals surface area contributed by atoms with Gasteiger partial charge in [0.25, 0.3) is 0 Å². The molecule has 0 aliphatic rings. The molecule has 0 saturated carbocycles. The van der Waals surface area contributed by atoms with E-state index in [1.165, 1.54) is 0 Å². The van der Waals surface area contributed by atoms with Gasteiger partial charge in [0.1, 0.15) is 0 Å². The molecule has 0 fully saturated rings. The Morgan fingerprint density at radius 3 is 2.00 bits per heavy atom. The van der Waals surface area contributed by atoms with Gasteiger partial charge in [0.15, 0.2) is 0 Å². The topological polar surface area (TPSA) is 58.9 Å². The van der Waals surface area contributed by atoms with Crippen molar-refractivity contribution in [3.8, 4) is 0 Å². The molecule has 0 aliphatic carbocycles. The maximum absolute atomic E-state index is 12.1. The molecule has 0 spiro atoms. The van der Waals surface area contributed by atoms with Gasteiger partial charge in [-0.15, -0.1) is 0 Å². The minimum absolute atomic E-state index is 0.489. The monoisotopic (exact) mass is 308 g/mol. The molecule has 0 heterocycles. The molecule has 0 rings (SSSR count). The number of hydrogen-bond donors (Lipinski definition) is 2. The Hall–Kier alpha value is 0.600. The highest BCUT2D eigenvalue weighted by Crippen LogP contribution is 2.30. The van der Waals surface area contributed by atoms with Gasteiger partial charge in [0.05, 0.1) is 18.5 Å². The van der Waals surface area contributed by atoms with Crippen LogP contribution in [0.2, 0.25) is 0 Å². The number of rotatable bonds is 5. The van der Waals surface area contributed by atoms with Crippen molar-refractivity contribution in [1.82, 2.24) is 0 Å². The third-order valence-electron chi connectivity index (χ3n) is 2.04. The highest BCUT2D eigenvalue weighted by molar-refractivity contribution is 8.81. The van der Waals surface area contributed by atoms with Gasteiger partial charge in [0, 0.05) is 25.3 Å². The van der Waals surface area contributed by atoms with Crippen LogP contribution >= 0.6 is 21.0 Å². The van der Waals surface area contributed by atoms with E-state index in [2.05, 4.69) is 8.13 Å². The summed E-state index contributed by atoms with van der Waals surface area (Å²) < 4.78 is 32.2. The molecule has 0 bridgehead atoms. The van der Waals surface area contributed by atoms with Crippen molar-refractivity contribution in [1.29, 1.82) is 0 Å². The zero-order valence-electron chi connectivity index (χ0n) is 10.8. The Morgan fingerprint density at radius 1 is 1.12 bits per heavy atom. The average molecular weight is 309 g/mol. The molecule has 102 valence electrons. The first-order chi connectivity index (χ1) is 7.10. The molecule has 16 heavy (non-hydrogen) atoms. The minimum atomic E-state index is -2.09. The second kappa shape index (κ2) is 6.51. The number of nitrogens with zero attached hydrogens (tertiary/aromatic N) is 2. The van der Waals surface area contributed by atoms with Gasteiger partial charge in [-0.1, -0.05) is 0 Å². The molecule has 0 aromatic carbocycles. The first-order valence-corrected chi connectivity index (χ1v) is 13.6. The highest BCUT2D eigenvalue weighted by atomic mass is 33.2. The second-order valence-electron chi connectivity index (χ2n) is 3.89. The summed E-state index contributed by atoms with van der Waals surface area (Å²) in [6.45, 7) is 0. The third kappa shape index (κ3) is 6.36. The van der Waals surface area contributed by atoms with Crippen LogP contribution in [0.15, 0.2) is 8.13 Å². The van der Waals surface area contributed by atoms with Crippen molar-refractivity contribution in [3.05, 3.63) is 0 Å². The van der Waals surface area contributed by atoms with Crippen molar-refractivity contribution in [2.24, 2.45) is 8.13 Å². The van der Waals surface area contributed by atoms with Gasteiger partial charge in [-0.25, -0.2) is 12.8 Å². The second-order valence-corrected chi connectivity index (χ2v) is 16.1. The average Bonchev–Trinajstić information content (AvgIpc) is 2.12. The van der Waals surface area contributed by atoms with Crippen molar-refractivity contribution in [3.63, 3.8) is 0 Å². The summed E-state index contributed by atoms with van der Waals surface area (Å²) in [4.78, 5) is 0. The van der Waals surface area contributed by atoms with Crippen LogP contribution in [-0.2, 0) is 18.5 Å². The molecule has 8 heteroatoms. The van der Waals surface area contributed by atoms with E-state index in [4.69, 9.17) is 0 Å². The molecule has 0 saturated heterocycles. The molecule has 3 atom stereocenters. The first kappa shape index (κ1) is 16.6. The summed E-state index contributed by atoms with van der Waals surface area (Å²) >= 11 is -0.489. The predicted molar refractivity (Wildman–Crippen MR) is 84.4 cm³/mol. The largest absolute Gasteiger partial charge is 0.249 e. The summed E-state index contributed by atoms with van der Waals surface area (Å²) in [5, 5.41) is 0. The van der Waals surface area contributed by atoms with E-state index in [9.17, 15) is 8.42 Å². The standard InChI is InChI=1S/C8H24N2O2S4/c1-9-16(6,12)14(4)7-8-15(5,11)10-13(2)3/h13-14H,7-8H2,1-6H3. The molecule has 0 aromatic rings. The van der Waals surface area contributed by atoms with Crippen LogP contribution in [0.4, 0.5) is 0 Å². The normalized spacial score (nSPS) is 22.6. The van der Waals surface area contributed by atoms with Crippen LogP contribution < -0.4 is 0 Å². The zero-order valence-corrected chi connectivity index (χ0v) is 14.3. The molecule has 4 nitrogen and oxygen atoms in total. The van der Waals surface area contributed by atoms with Gasteiger partial charge in [-0.3, -0.25) is 0 Å². The number of thiol groups is 2. The molecule has 0 aliphatic heterocycles. The van der Waals surface area contributed by atoms with Crippen LogP contribution in [0.5, 0.6) is 0 Å². The molecule has 3 unspecified atom stereocenters. The van der Waals surface area contributed by atoms with Gasteiger partial charge in [-0.05, 0) is 24.5 Å². The Kier molecular flexibility index (Phi) is 6.75. The van der Waals surface area contributed by atoms with Crippen LogP contribution in [0.1, 0.15) is 0 Å². The fourth-order valence-corrected chi connectivity index (χ4v) is 9.61. The lowest BCUT2D eigenvalue weighted by Gasteiger charge is -2.18. The Labute approximate surface area is 106 Å². The summed E-state index contributed by atoms with van der Waals surface area (Å²) in [6.07, 6.45) is 9.30. The van der Waals surface area contributed by atoms with Crippen LogP contribution in [-0.4, -0.2) is 58.3 Å². The lowest BCUT2D eigenvalue weighted by molar-refractivity contribution is 0.682. The maximum atomic E-state index is 12.1. The van der Waals surface area contributed by atoms with E-state index in [0.717, 1.165) is 0 Å². The molecule has 0 N–H and O–H groups in total. The molecule has 0 aromatic heterocycles. The smallest absolute Gasteiger partial charge is 0.0757 e. The zero-order chi connectivity index (χ0) is 13.0. The van der Waals surface area contributed by atoms with Gasteiger partial charge < -0.3 is 0 Å². The molecular formula is C8H24N2O2S4. The summed E-state index contributed by atoms with van der Waals surface area (Å²) in [6, 6.07) is 0. The summed E-state index contributed by atoms with van der Waals surface area (Å²) in [5.74, 6) is 1.25. The SMILES string of the molecule is CN=S(C)(=O)[SH](C)CCS(C)(=O)=N[SH](C)C. The van der Waals surface area contributed by atoms with E-state index < -0.39 is 39.5 Å². The molecule has 0 radical (unpaired) electrons. The van der Waals surface area contributed by atoms with E-state index in [1.807, 2.05) is 18.8 Å². The van der Waals surface area contributed by atoms with Crippen molar-refractivity contribution in [2.75, 3.05) is 49.8 Å². The fourth-order valence-electron chi connectivity index (χ4n) is 0.993. The quantitative estimate of drug-likeness (QED) is 0.598. The third-order valence-corrected chi connectivity index (χ3v) is 13.2. The van der Waals surface area contributed by atoms with E-state index >= 15 is 0 Å². The predicted octanol–water partition coefficient (Wildman–Crippen LogP) is 1.53. The highest BCUT2D eigenvalue weighted by Gasteiger charge is 2.11. The van der Waals surface area contributed by atoms with Crippen molar-refractivity contribution in [2.45, 2.75) is 0 Å². The Balaban J connectivity index is 4.62. The summed E-state index contributed by atoms with van der Waals surface area (Å²) in [5.41, 5.74) is 0. The van der Waals surface area contributed by atoms with Gasteiger partial charge in [0.2, 0.25) is 0 Å². The van der Waals surface area contributed by atoms with Crippen molar-refractivity contribution < 1.29 is 8.42 Å². The lowest BCUT2D eigenvalue weighted by atomic mass is 11.0. The molecule has 0 amide bonds. The lowest BCUT2D eigenvalue weighted by Crippen LogP contribution is -2.11. The molecular weight excluding hydrogens is 284 g/mol. The number of hydrogen-bond acceptors (Lipinski definition) is 4. The maximum Gasteiger partial charge on any atom is 0.0757 e. The van der Waals surface area contributed by atoms with Crippen LogP contribution in [0.25, 0.3) is 0 Å². The van der Waals surface area contributed by atoms with E-state index in [1.54, 1.807) is 19.6 Å². The van der Waals surface area contributed by atoms with Gasteiger partial charge in [-0.2, -0.15) is 24.8 Å².